The van der Waals surface area contributed by atoms with Crippen molar-refractivity contribution >= 4 is 29.1 Å². The second kappa shape index (κ2) is 9.24. The van der Waals surface area contributed by atoms with E-state index in [4.69, 9.17) is 11.6 Å². The predicted octanol–water partition coefficient (Wildman–Crippen LogP) is 3.42. The maximum absolute atomic E-state index is 12.7. The fourth-order valence-corrected chi connectivity index (χ4v) is 4.33. The molecule has 1 atom stereocenters. The van der Waals surface area contributed by atoms with Gasteiger partial charge in [-0.15, -0.1) is 0 Å². The van der Waals surface area contributed by atoms with Crippen LogP contribution in [0.3, 0.4) is 0 Å². The molecule has 7 nitrogen and oxygen atoms in total. The van der Waals surface area contributed by atoms with Gasteiger partial charge in [-0.2, -0.15) is 0 Å². The molecule has 2 aliphatic heterocycles. The molecule has 1 aromatic heterocycles. The summed E-state index contributed by atoms with van der Waals surface area (Å²) >= 11 is 6.14. The molecule has 1 aromatic carbocycles. The number of carbonyl (C=O) groups excluding carboxylic acids is 2. The topological polar surface area (TPSA) is 70.5 Å². The molecule has 0 saturated carbocycles. The Bertz CT molecular complexity index is 1000. The number of nitrogens with one attached hydrogen (secondary N) is 1. The Morgan fingerprint density at radius 1 is 1.23 bits per heavy atom. The second-order valence-electron chi connectivity index (χ2n) is 8.40. The minimum atomic E-state index is -0.262. The Labute approximate surface area is 187 Å². The average Bonchev–Trinajstić information content (AvgIpc) is 3.40. The van der Waals surface area contributed by atoms with Crippen molar-refractivity contribution in [2.75, 3.05) is 25.0 Å². The van der Waals surface area contributed by atoms with Crippen LogP contribution in [0.15, 0.2) is 42.6 Å². The number of aromatic nitrogens is 2. The van der Waals surface area contributed by atoms with Crippen LogP contribution in [0, 0.1) is 5.92 Å². The van der Waals surface area contributed by atoms with Crippen molar-refractivity contribution in [1.82, 2.24) is 19.4 Å². The number of imidazole rings is 1. The van der Waals surface area contributed by atoms with Gasteiger partial charge in [-0.3, -0.25) is 9.59 Å². The number of amides is 2. The maximum atomic E-state index is 12.7. The Morgan fingerprint density at radius 2 is 2.03 bits per heavy atom. The zero-order chi connectivity index (χ0) is 22.0. The van der Waals surface area contributed by atoms with Crippen molar-refractivity contribution < 1.29 is 9.59 Å². The van der Waals surface area contributed by atoms with Crippen LogP contribution in [0.25, 0.3) is 0 Å². The molecule has 3 heterocycles. The number of anilines is 1. The number of hydrogen-bond donors (Lipinski definition) is 1. The number of carbonyl (C=O) groups is 2. The van der Waals surface area contributed by atoms with Crippen LogP contribution in [0.5, 0.6) is 0 Å². The van der Waals surface area contributed by atoms with Crippen molar-refractivity contribution in [1.29, 1.82) is 0 Å². The van der Waals surface area contributed by atoms with Crippen LogP contribution in [0.1, 0.15) is 36.6 Å². The first-order chi connectivity index (χ1) is 14.9. The first-order valence-corrected chi connectivity index (χ1v) is 11.1. The van der Waals surface area contributed by atoms with Gasteiger partial charge in [0.1, 0.15) is 11.5 Å². The van der Waals surface area contributed by atoms with Crippen molar-refractivity contribution in [2.24, 2.45) is 5.92 Å². The number of benzene rings is 1. The number of fused-ring (bicyclic) bond motifs is 1. The Hall–Kier alpha value is -2.64. The summed E-state index contributed by atoms with van der Waals surface area (Å²) in [5, 5.41) is 3.32. The summed E-state index contributed by atoms with van der Waals surface area (Å²) in [4.78, 5) is 34.0. The molecule has 1 N–H and O–H groups in total. The Kier molecular flexibility index (Phi) is 6.43. The van der Waals surface area contributed by atoms with Crippen molar-refractivity contribution in [3.63, 3.8) is 0 Å². The van der Waals surface area contributed by atoms with Crippen molar-refractivity contribution in [3.8, 4) is 0 Å². The summed E-state index contributed by atoms with van der Waals surface area (Å²) in [6, 6.07) is 7.65. The van der Waals surface area contributed by atoms with E-state index in [-0.39, 0.29) is 11.8 Å². The van der Waals surface area contributed by atoms with Crippen LogP contribution in [-0.4, -0.2) is 56.8 Å². The molecular weight excluding hydrogens is 414 g/mol. The summed E-state index contributed by atoms with van der Waals surface area (Å²) in [6.07, 6.45) is 6.41. The van der Waals surface area contributed by atoms with Crippen LogP contribution < -0.4 is 5.32 Å². The van der Waals surface area contributed by atoms with Gasteiger partial charge in [0.05, 0.1) is 23.5 Å². The maximum Gasteiger partial charge on any atom is 0.273 e. The fraction of sp³-hybridized carbons (Fsp3) is 0.435. The minimum absolute atomic E-state index is 0.000633. The molecule has 1 saturated heterocycles. The third-order valence-electron chi connectivity index (χ3n) is 6.03. The number of halogens is 1. The molecule has 0 unspecified atom stereocenters. The molecule has 0 spiro atoms. The van der Waals surface area contributed by atoms with E-state index in [9.17, 15) is 9.59 Å². The van der Waals surface area contributed by atoms with E-state index < -0.39 is 0 Å². The average molecular weight is 442 g/mol. The lowest BCUT2D eigenvalue weighted by Gasteiger charge is -2.27. The third-order valence-corrected chi connectivity index (χ3v) is 6.36. The molecule has 0 radical (unpaired) electrons. The van der Waals surface area contributed by atoms with Gasteiger partial charge in [0.2, 0.25) is 5.91 Å². The Balaban J connectivity index is 1.37. The summed E-state index contributed by atoms with van der Waals surface area (Å²) < 4.78 is 1.87. The highest BCUT2D eigenvalue weighted by Gasteiger charge is 2.26. The van der Waals surface area contributed by atoms with E-state index >= 15 is 0 Å². The van der Waals surface area contributed by atoms with Gasteiger partial charge in [-0.25, -0.2) is 4.98 Å². The second-order valence-corrected chi connectivity index (χ2v) is 8.81. The van der Waals surface area contributed by atoms with Crippen molar-refractivity contribution in [2.45, 2.75) is 39.4 Å². The lowest BCUT2D eigenvalue weighted by atomic mass is 10.1. The van der Waals surface area contributed by atoms with E-state index in [1.165, 1.54) is 0 Å². The van der Waals surface area contributed by atoms with E-state index in [0.717, 1.165) is 19.5 Å². The number of rotatable bonds is 5. The molecule has 0 bridgehead atoms. The number of para-hydroxylation sites is 1. The number of likely N-dealkylation sites (tertiary alicyclic amines) is 1. The van der Waals surface area contributed by atoms with Gasteiger partial charge in [-0.1, -0.05) is 29.8 Å². The molecule has 0 aliphatic carbocycles. The summed E-state index contributed by atoms with van der Waals surface area (Å²) in [5.74, 6) is 0.879. The van der Waals surface area contributed by atoms with E-state index in [1.54, 1.807) is 29.3 Å². The molecule has 8 heteroatoms. The van der Waals surface area contributed by atoms with Crippen LogP contribution >= 0.6 is 11.6 Å². The first-order valence-electron chi connectivity index (χ1n) is 10.7. The smallest absolute Gasteiger partial charge is 0.273 e. The predicted molar refractivity (Wildman–Crippen MR) is 121 cm³/mol. The third kappa shape index (κ3) is 4.83. The summed E-state index contributed by atoms with van der Waals surface area (Å²) in [5.41, 5.74) is 1.03. The molecule has 2 aromatic rings. The minimum Gasteiger partial charge on any atom is -0.330 e. The SMILES string of the molecule is CC(C)N1CC[C@H](/C=C/C(=O)N2CCn3c(C(=O)Nc4ccccc4Cl)cnc3C2)C1. The van der Waals surface area contributed by atoms with Crippen LogP contribution in [-0.2, 0) is 17.9 Å². The van der Waals surface area contributed by atoms with E-state index in [2.05, 4.69) is 29.0 Å². The number of nitrogens with zero attached hydrogens (tertiary/aromatic N) is 4. The van der Waals surface area contributed by atoms with Crippen LogP contribution in [0.4, 0.5) is 5.69 Å². The highest BCUT2D eigenvalue weighted by atomic mass is 35.5. The molecule has 2 aliphatic rings. The summed E-state index contributed by atoms with van der Waals surface area (Å²) in [6.45, 7) is 7.97. The quantitative estimate of drug-likeness (QED) is 0.722. The zero-order valence-electron chi connectivity index (χ0n) is 17.9. The molecule has 164 valence electrons. The molecule has 31 heavy (non-hydrogen) atoms. The highest BCUT2D eigenvalue weighted by molar-refractivity contribution is 6.33. The fourth-order valence-electron chi connectivity index (χ4n) is 4.14. The largest absolute Gasteiger partial charge is 0.330 e. The van der Waals surface area contributed by atoms with Gasteiger partial charge in [-0.05, 0) is 50.9 Å². The monoisotopic (exact) mass is 441 g/mol. The molecular formula is C23H28ClN5O2. The van der Waals surface area contributed by atoms with Gasteiger partial charge in [0.15, 0.2) is 0 Å². The molecule has 2 amide bonds. The molecule has 4 rings (SSSR count). The summed E-state index contributed by atoms with van der Waals surface area (Å²) in [7, 11) is 0. The number of hydrogen-bond acceptors (Lipinski definition) is 4. The van der Waals surface area contributed by atoms with Gasteiger partial charge < -0.3 is 19.7 Å². The lowest BCUT2D eigenvalue weighted by Crippen LogP contribution is -2.38. The van der Waals surface area contributed by atoms with E-state index in [1.807, 2.05) is 22.8 Å². The molecule has 1 fully saturated rings. The standard InChI is InChI=1S/C23H28ClN5O2/c1-16(2)27-10-9-17(14-27)7-8-22(30)28-11-12-29-20(13-25-21(29)15-28)23(31)26-19-6-4-3-5-18(19)24/h3-8,13,16-17H,9-12,14-15H2,1-2H3,(H,26,31)/b8-7+/t17-/m0/s1. The van der Waals surface area contributed by atoms with Gasteiger partial charge in [0, 0.05) is 25.7 Å². The van der Waals surface area contributed by atoms with Gasteiger partial charge in [0.25, 0.3) is 5.91 Å². The van der Waals surface area contributed by atoms with E-state index in [0.29, 0.717) is 53.8 Å². The van der Waals surface area contributed by atoms with Gasteiger partial charge >= 0.3 is 0 Å². The first kappa shape index (κ1) is 21.6. The normalized spacial score (nSPS) is 19.2. The van der Waals surface area contributed by atoms with Crippen LogP contribution in [0.2, 0.25) is 5.02 Å². The highest BCUT2D eigenvalue weighted by Crippen LogP contribution is 2.23. The Morgan fingerprint density at radius 3 is 2.77 bits per heavy atom. The van der Waals surface area contributed by atoms with Crippen molar-refractivity contribution in [3.05, 3.63) is 59.2 Å². The lowest BCUT2D eigenvalue weighted by molar-refractivity contribution is -0.127. The zero-order valence-corrected chi connectivity index (χ0v) is 18.7.